The molecule has 0 heterocycles. The smallest absolute Gasteiger partial charge is 0.338 e. The first kappa shape index (κ1) is 23.3. The van der Waals surface area contributed by atoms with Gasteiger partial charge in [0.2, 0.25) is 10.0 Å². The molecule has 0 aliphatic heterocycles. The molecule has 1 saturated carbocycles. The van der Waals surface area contributed by atoms with E-state index in [9.17, 15) is 18.0 Å². The largest absolute Gasteiger partial charge is 0.448 e. The number of esters is 1. The van der Waals surface area contributed by atoms with Crippen molar-refractivity contribution in [3.63, 3.8) is 0 Å². The molecule has 8 heteroatoms. The van der Waals surface area contributed by atoms with Gasteiger partial charge in [0, 0.05) is 25.0 Å². The first-order valence-electron chi connectivity index (χ1n) is 9.98. The van der Waals surface area contributed by atoms with Gasteiger partial charge in [0.1, 0.15) is 0 Å². The Morgan fingerprint density at radius 1 is 1.17 bits per heavy atom. The Bertz CT molecular complexity index is 802. The third-order valence-corrected chi connectivity index (χ3v) is 6.59. The van der Waals surface area contributed by atoms with Gasteiger partial charge < -0.3 is 10.1 Å². The van der Waals surface area contributed by atoms with Gasteiger partial charge in [-0.1, -0.05) is 51.3 Å². The average Bonchev–Trinajstić information content (AvgIpc) is 2.66. The van der Waals surface area contributed by atoms with Crippen LogP contribution in [0.25, 0.3) is 0 Å². The van der Waals surface area contributed by atoms with Crippen LogP contribution in [0, 0.1) is 5.41 Å². The van der Waals surface area contributed by atoms with Crippen LogP contribution in [0.1, 0.15) is 56.3 Å². The molecule has 0 spiro atoms. The molecule has 1 aromatic rings. The molecule has 1 N–H and O–H groups in total. The fraction of sp³-hybridized carbons (Fsp3) is 0.619. The topological polar surface area (TPSA) is 92.8 Å². The van der Waals surface area contributed by atoms with E-state index in [4.69, 9.17) is 4.74 Å². The molecule has 1 atom stereocenters. The maximum atomic E-state index is 13.1. The molecule has 2 rings (SSSR count). The summed E-state index contributed by atoms with van der Waals surface area (Å²) in [5.74, 6) is -0.988. The van der Waals surface area contributed by atoms with E-state index in [-0.39, 0.29) is 18.5 Å². The maximum Gasteiger partial charge on any atom is 0.338 e. The Morgan fingerprint density at radius 2 is 1.76 bits per heavy atom. The molecular weight excluding hydrogens is 392 g/mol. The second-order valence-corrected chi connectivity index (χ2v) is 10.6. The van der Waals surface area contributed by atoms with Crippen LogP contribution in [0.2, 0.25) is 0 Å². The summed E-state index contributed by atoms with van der Waals surface area (Å²) >= 11 is 0. The third-order valence-electron chi connectivity index (χ3n) is 5.33. The number of carbonyl (C=O) groups is 2. The molecule has 1 aromatic carbocycles. The lowest BCUT2D eigenvalue weighted by molar-refractivity contribution is -0.137. The Balaban J connectivity index is 2.23. The van der Waals surface area contributed by atoms with Gasteiger partial charge in [-0.25, -0.2) is 17.5 Å². The number of sulfonamides is 1. The van der Waals surface area contributed by atoms with E-state index >= 15 is 0 Å². The van der Waals surface area contributed by atoms with E-state index in [2.05, 4.69) is 5.32 Å². The predicted molar refractivity (Wildman–Crippen MR) is 112 cm³/mol. The zero-order valence-electron chi connectivity index (χ0n) is 17.7. The minimum Gasteiger partial charge on any atom is -0.448 e. The summed E-state index contributed by atoms with van der Waals surface area (Å²) < 4.78 is 30.6. The first-order valence-corrected chi connectivity index (χ1v) is 11.8. The van der Waals surface area contributed by atoms with Crippen LogP contribution < -0.4 is 5.32 Å². The number of rotatable bonds is 8. The van der Waals surface area contributed by atoms with E-state index in [1.807, 2.05) is 0 Å². The maximum absolute atomic E-state index is 13.1. The van der Waals surface area contributed by atoms with Gasteiger partial charge in [0.05, 0.1) is 11.8 Å². The summed E-state index contributed by atoms with van der Waals surface area (Å²) in [4.78, 5) is 25.7. The van der Waals surface area contributed by atoms with E-state index in [0.717, 1.165) is 38.4 Å². The second kappa shape index (κ2) is 9.71. The molecule has 162 valence electrons. The molecule has 29 heavy (non-hydrogen) atoms. The number of ether oxygens (including phenoxy) is 1. The molecule has 0 bridgehead atoms. The highest BCUT2D eigenvalue weighted by molar-refractivity contribution is 7.88. The monoisotopic (exact) mass is 424 g/mol. The van der Waals surface area contributed by atoms with Gasteiger partial charge in [0.25, 0.3) is 5.91 Å². The van der Waals surface area contributed by atoms with Crippen molar-refractivity contribution in [2.75, 3.05) is 19.8 Å². The number of amides is 1. The fourth-order valence-electron chi connectivity index (χ4n) is 3.62. The van der Waals surface area contributed by atoms with Crippen LogP contribution in [-0.4, -0.2) is 56.6 Å². The van der Waals surface area contributed by atoms with Gasteiger partial charge in [-0.05, 0) is 25.0 Å². The van der Waals surface area contributed by atoms with Crippen LogP contribution in [0.15, 0.2) is 30.3 Å². The van der Waals surface area contributed by atoms with Crippen molar-refractivity contribution in [2.45, 2.75) is 58.1 Å². The van der Waals surface area contributed by atoms with Crippen LogP contribution in [0.3, 0.4) is 0 Å². The van der Waals surface area contributed by atoms with Crippen molar-refractivity contribution in [2.24, 2.45) is 5.41 Å². The van der Waals surface area contributed by atoms with Crippen molar-refractivity contribution in [3.05, 3.63) is 35.9 Å². The summed E-state index contributed by atoms with van der Waals surface area (Å²) in [5.41, 5.74) is -0.587. The average molecular weight is 425 g/mol. The molecule has 0 radical (unpaired) electrons. The Kier molecular flexibility index (Phi) is 7.82. The van der Waals surface area contributed by atoms with E-state index < -0.39 is 27.5 Å². The highest BCUT2D eigenvalue weighted by Crippen LogP contribution is 2.28. The zero-order valence-corrected chi connectivity index (χ0v) is 18.5. The van der Waals surface area contributed by atoms with Gasteiger partial charge in [0.15, 0.2) is 6.10 Å². The Labute approximate surface area is 173 Å². The number of carbonyl (C=O) groups excluding carboxylic acids is 2. The lowest BCUT2D eigenvalue weighted by Crippen LogP contribution is -2.53. The lowest BCUT2D eigenvalue weighted by Gasteiger charge is -2.36. The van der Waals surface area contributed by atoms with Gasteiger partial charge in [-0.3, -0.25) is 4.79 Å². The zero-order chi connectivity index (χ0) is 21.7. The molecule has 0 saturated heterocycles. The molecule has 1 unspecified atom stereocenters. The minimum atomic E-state index is -3.44. The first-order chi connectivity index (χ1) is 13.5. The number of nitrogens with one attached hydrogen (secondary N) is 1. The third kappa shape index (κ3) is 6.82. The lowest BCUT2D eigenvalue weighted by atomic mass is 9.85. The summed E-state index contributed by atoms with van der Waals surface area (Å²) in [6.07, 6.45) is 5.05. The van der Waals surface area contributed by atoms with Gasteiger partial charge in [-0.15, -0.1) is 0 Å². The van der Waals surface area contributed by atoms with Crippen molar-refractivity contribution in [1.82, 2.24) is 9.62 Å². The number of benzene rings is 1. The molecular formula is C21H32N2O5S. The van der Waals surface area contributed by atoms with Crippen LogP contribution in [0.4, 0.5) is 0 Å². The normalized spacial score (nSPS) is 17.0. The Hall–Kier alpha value is -1.93. The molecule has 7 nitrogen and oxygen atoms in total. The van der Waals surface area contributed by atoms with Crippen molar-refractivity contribution < 1.29 is 22.7 Å². The van der Waals surface area contributed by atoms with Crippen molar-refractivity contribution >= 4 is 21.9 Å². The number of hydrogen-bond acceptors (Lipinski definition) is 5. The van der Waals surface area contributed by atoms with Gasteiger partial charge in [-0.2, -0.15) is 0 Å². The van der Waals surface area contributed by atoms with Crippen molar-refractivity contribution in [1.29, 1.82) is 0 Å². The highest BCUT2D eigenvalue weighted by Gasteiger charge is 2.41. The van der Waals surface area contributed by atoms with Gasteiger partial charge >= 0.3 is 5.97 Å². The van der Waals surface area contributed by atoms with E-state index in [1.54, 1.807) is 44.2 Å². The number of nitrogens with zero attached hydrogens (tertiary/aromatic N) is 1. The van der Waals surface area contributed by atoms with Crippen LogP contribution in [-0.2, 0) is 19.6 Å². The SMILES string of the molecule is CN(CC(C)(C)C(OC(=O)c1ccccc1)C(=O)NC1CCCCC1)S(C)(=O)=O. The molecule has 1 amide bonds. The number of hydrogen-bond donors (Lipinski definition) is 1. The summed E-state index contributed by atoms with van der Waals surface area (Å²) in [6.45, 7) is 3.51. The second-order valence-electron chi connectivity index (χ2n) is 8.50. The Morgan fingerprint density at radius 3 is 2.31 bits per heavy atom. The molecule has 1 aliphatic carbocycles. The molecule has 1 fully saturated rings. The standard InChI is InChI=1S/C21H32N2O5S/c1-21(2,15-23(3)29(4,26)27)18(19(24)22-17-13-9-6-10-14-17)28-20(25)16-11-7-5-8-12-16/h5,7-8,11-12,17-18H,6,9-10,13-15H2,1-4H3,(H,22,24). The van der Waals surface area contributed by atoms with E-state index in [1.165, 1.54) is 11.4 Å². The minimum absolute atomic E-state index is 0.0383. The summed E-state index contributed by atoms with van der Waals surface area (Å²) in [6, 6.07) is 8.52. The van der Waals surface area contributed by atoms with Crippen molar-refractivity contribution in [3.8, 4) is 0 Å². The fourth-order valence-corrected chi connectivity index (χ4v) is 4.18. The molecule has 1 aliphatic rings. The quantitative estimate of drug-likeness (QED) is 0.648. The summed E-state index contributed by atoms with van der Waals surface area (Å²) in [7, 11) is -1.99. The summed E-state index contributed by atoms with van der Waals surface area (Å²) in [5, 5.41) is 3.01. The predicted octanol–water partition coefficient (Wildman–Crippen LogP) is 2.58. The molecule has 0 aromatic heterocycles. The highest BCUT2D eigenvalue weighted by atomic mass is 32.2. The van der Waals surface area contributed by atoms with Crippen LogP contribution >= 0.6 is 0 Å². The van der Waals surface area contributed by atoms with Crippen LogP contribution in [0.5, 0.6) is 0 Å². The van der Waals surface area contributed by atoms with E-state index in [0.29, 0.717) is 5.56 Å².